The van der Waals surface area contributed by atoms with Gasteiger partial charge in [0.1, 0.15) is 5.60 Å². The Morgan fingerprint density at radius 3 is 2.67 bits per heavy atom. The molecule has 2 heterocycles. The molecule has 3 rings (SSSR count). The molecular weight excluding hydrogens is 300 g/mol. The molecule has 0 bridgehead atoms. The molecule has 0 N–H and O–H groups in total. The molecule has 0 aromatic heterocycles. The van der Waals surface area contributed by atoms with E-state index in [0.29, 0.717) is 12.3 Å². The maximum absolute atomic E-state index is 12.3. The normalized spacial score (nSPS) is 19.5. The van der Waals surface area contributed by atoms with Gasteiger partial charge in [-0.05, 0) is 24.8 Å². The third kappa shape index (κ3) is 3.63. The summed E-state index contributed by atoms with van der Waals surface area (Å²) in [5, 5.41) is 4.39. The quantitative estimate of drug-likeness (QED) is 0.841. The van der Waals surface area contributed by atoms with Gasteiger partial charge in [0, 0.05) is 44.3 Å². The summed E-state index contributed by atoms with van der Waals surface area (Å²) in [6.07, 6.45) is 4.23. The minimum atomic E-state index is -0.202. The fourth-order valence-electron chi connectivity index (χ4n) is 3.56. The molecule has 0 aliphatic carbocycles. The van der Waals surface area contributed by atoms with Crippen LogP contribution in [-0.2, 0) is 9.63 Å². The lowest BCUT2D eigenvalue weighted by atomic mass is 9.84. The second-order valence-electron chi connectivity index (χ2n) is 7.62. The number of nitrogens with zero attached hydrogens (tertiary/aromatic N) is 2. The lowest BCUT2D eigenvalue weighted by Crippen LogP contribution is -2.46. The first-order chi connectivity index (χ1) is 11.5. The van der Waals surface area contributed by atoms with E-state index in [1.807, 2.05) is 17.0 Å². The first kappa shape index (κ1) is 17.0. The van der Waals surface area contributed by atoms with E-state index in [2.05, 4.69) is 38.1 Å². The van der Waals surface area contributed by atoms with Gasteiger partial charge in [-0.3, -0.25) is 4.79 Å². The van der Waals surface area contributed by atoms with Crippen molar-refractivity contribution in [3.8, 4) is 0 Å². The number of oxime groups is 1. The van der Waals surface area contributed by atoms with Crippen LogP contribution in [0.1, 0.15) is 57.1 Å². The van der Waals surface area contributed by atoms with Crippen LogP contribution >= 0.6 is 0 Å². The van der Waals surface area contributed by atoms with Crippen LogP contribution in [0.4, 0.5) is 0 Å². The molecule has 2 aliphatic heterocycles. The number of hydrogen-bond donors (Lipinski definition) is 0. The molecule has 1 spiro atoms. The third-order valence-corrected chi connectivity index (χ3v) is 5.26. The molecule has 1 aromatic rings. The Balaban J connectivity index is 1.56. The maximum atomic E-state index is 12.3. The van der Waals surface area contributed by atoms with Crippen molar-refractivity contribution in [2.75, 3.05) is 13.1 Å². The van der Waals surface area contributed by atoms with Crippen molar-refractivity contribution >= 4 is 11.6 Å². The van der Waals surface area contributed by atoms with E-state index >= 15 is 0 Å². The second kappa shape index (κ2) is 6.96. The Labute approximate surface area is 144 Å². The largest absolute Gasteiger partial charge is 0.388 e. The maximum Gasteiger partial charge on any atom is 0.222 e. The van der Waals surface area contributed by atoms with E-state index in [0.717, 1.165) is 44.5 Å². The van der Waals surface area contributed by atoms with Crippen molar-refractivity contribution in [3.05, 3.63) is 35.4 Å². The van der Waals surface area contributed by atoms with Crippen LogP contribution in [0.5, 0.6) is 0 Å². The number of rotatable bonds is 4. The van der Waals surface area contributed by atoms with Gasteiger partial charge in [-0.1, -0.05) is 43.3 Å². The molecule has 24 heavy (non-hydrogen) atoms. The summed E-state index contributed by atoms with van der Waals surface area (Å²) in [6.45, 7) is 8.00. The molecule has 0 radical (unpaired) electrons. The van der Waals surface area contributed by atoms with Crippen molar-refractivity contribution in [2.24, 2.45) is 11.1 Å². The van der Waals surface area contributed by atoms with Gasteiger partial charge in [0.25, 0.3) is 0 Å². The zero-order chi connectivity index (χ0) is 17.2. The van der Waals surface area contributed by atoms with Crippen LogP contribution < -0.4 is 0 Å². The number of amides is 1. The number of aryl methyl sites for hydroxylation is 1. The first-order valence-electron chi connectivity index (χ1n) is 9.08. The first-order valence-corrected chi connectivity index (χ1v) is 9.08. The smallest absolute Gasteiger partial charge is 0.222 e. The molecule has 4 heteroatoms. The van der Waals surface area contributed by atoms with Gasteiger partial charge in [-0.2, -0.15) is 0 Å². The van der Waals surface area contributed by atoms with Gasteiger partial charge >= 0.3 is 0 Å². The van der Waals surface area contributed by atoms with E-state index in [9.17, 15) is 4.79 Å². The van der Waals surface area contributed by atoms with Crippen LogP contribution in [0.3, 0.4) is 0 Å². The molecule has 1 fully saturated rings. The van der Waals surface area contributed by atoms with Crippen LogP contribution in [0.25, 0.3) is 0 Å². The van der Waals surface area contributed by atoms with E-state index in [4.69, 9.17) is 4.84 Å². The van der Waals surface area contributed by atoms with Gasteiger partial charge in [0.15, 0.2) is 0 Å². The summed E-state index contributed by atoms with van der Waals surface area (Å²) in [5.41, 5.74) is 3.27. The molecule has 0 saturated carbocycles. The fraction of sp³-hybridized carbons (Fsp3) is 0.600. The highest BCUT2D eigenvalue weighted by Gasteiger charge is 2.43. The molecule has 1 saturated heterocycles. The predicted molar refractivity (Wildman–Crippen MR) is 96.0 cm³/mol. The Bertz CT molecular complexity index is 628. The second-order valence-corrected chi connectivity index (χ2v) is 7.62. The Hall–Kier alpha value is -1.84. The third-order valence-electron chi connectivity index (χ3n) is 5.26. The van der Waals surface area contributed by atoms with Crippen LogP contribution in [0.15, 0.2) is 29.4 Å². The van der Waals surface area contributed by atoms with Crippen LogP contribution in [0.2, 0.25) is 0 Å². The van der Waals surface area contributed by atoms with Crippen molar-refractivity contribution in [1.29, 1.82) is 0 Å². The molecule has 130 valence electrons. The highest BCUT2D eigenvalue weighted by molar-refractivity contribution is 6.02. The highest BCUT2D eigenvalue weighted by atomic mass is 16.7. The van der Waals surface area contributed by atoms with Gasteiger partial charge in [0.2, 0.25) is 5.91 Å². The number of likely N-dealkylation sites (tertiary alicyclic amines) is 1. The van der Waals surface area contributed by atoms with Crippen molar-refractivity contribution in [2.45, 2.75) is 58.5 Å². The standard InChI is InChI=1S/C20H28N2O2/c1-15(2)8-9-19(23)22-12-10-20(11-13-22)14-18(21-24-20)17-7-5-4-6-16(17)3/h4-7,15H,8-14H2,1-3H3. The number of carbonyl (C=O) groups excluding carboxylic acids is 1. The van der Waals surface area contributed by atoms with Gasteiger partial charge in [-0.15, -0.1) is 0 Å². The van der Waals surface area contributed by atoms with Gasteiger partial charge in [-0.25, -0.2) is 0 Å². The van der Waals surface area contributed by atoms with Gasteiger partial charge < -0.3 is 9.74 Å². The van der Waals surface area contributed by atoms with E-state index < -0.39 is 0 Å². The Kier molecular flexibility index (Phi) is 4.93. The number of carbonyl (C=O) groups is 1. The molecular formula is C20H28N2O2. The molecule has 0 atom stereocenters. The lowest BCUT2D eigenvalue weighted by Gasteiger charge is -2.37. The van der Waals surface area contributed by atoms with Crippen molar-refractivity contribution in [3.63, 3.8) is 0 Å². The topological polar surface area (TPSA) is 41.9 Å². The molecule has 1 amide bonds. The molecule has 0 unspecified atom stereocenters. The number of hydrogen-bond acceptors (Lipinski definition) is 3. The molecule has 4 nitrogen and oxygen atoms in total. The summed E-state index contributed by atoms with van der Waals surface area (Å²) < 4.78 is 0. The van der Waals surface area contributed by atoms with Gasteiger partial charge in [0.05, 0.1) is 5.71 Å². The average Bonchev–Trinajstić information content (AvgIpc) is 2.97. The predicted octanol–water partition coefficient (Wildman–Crippen LogP) is 3.92. The minimum Gasteiger partial charge on any atom is -0.388 e. The average molecular weight is 328 g/mol. The monoisotopic (exact) mass is 328 g/mol. The summed E-state index contributed by atoms with van der Waals surface area (Å²) in [6, 6.07) is 8.32. The minimum absolute atomic E-state index is 0.202. The summed E-state index contributed by atoms with van der Waals surface area (Å²) in [5.74, 6) is 0.866. The van der Waals surface area contributed by atoms with Crippen LogP contribution in [-0.4, -0.2) is 35.2 Å². The SMILES string of the molecule is Cc1ccccc1C1=NOC2(CCN(C(=O)CCC(C)C)CC2)C1. The summed E-state index contributed by atoms with van der Waals surface area (Å²) in [4.78, 5) is 20.2. The summed E-state index contributed by atoms with van der Waals surface area (Å²) in [7, 11) is 0. The zero-order valence-electron chi connectivity index (χ0n) is 15.0. The van der Waals surface area contributed by atoms with E-state index in [1.54, 1.807) is 0 Å². The molecule has 1 aromatic carbocycles. The Morgan fingerprint density at radius 1 is 1.29 bits per heavy atom. The molecule has 2 aliphatic rings. The Morgan fingerprint density at radius 2 is 2.00 bits per heavy atom. The fourth-order valence-corrected chi connectivity index (χ4v) is 3.56. The van der Waals surface area contributed by atoms with E-state index in [1.165, 1.54) is 11.1 Å². The van der Waals surface area contributed by atoms with Crippen molar-refractivity contribution in [1.82, 2.24) is 4.90 Å². The summed E-state index contributed by atoms with van der Waals surface area (Å²) >= 11 is 0. The number of piperidine rings is 1. The van der Waals surface area contributed by atoms with Crippen LogP contribution in [0, 0.1) is 12.8 Å². The van der Waals surface area contributed by atoms with Crippen molar-refractivity contribution < 1.29 is 9.63 Å². The lowest BCUT2D eigenvalue weighted by molar-refractivity contribution is -0.137. The van der Waals surface area contributed by atoms with E-state index in [-0.39, 0.29) is 11.5 Å². The number of benzene rings is 1. The highest BCUT2D eigenvalue weighted by Crippen LogP contribution is 2.36. The zero-order valence-corrected chi connectivity index (χ0v) is 15.0.